The maximum atomic E-state index is 11.2. The zero-order valence-corrected chi connectivity index (χ0v) is 14.7. The minimum Gasteiger partial charge on any atom is -0.354 e. The normalized spacial score (nSPS) is 14.0. The minimum atomic E-state index is -3.24. The zero-order chi connectivity index (χ0) is 17.0. The van der Waals surface area contributed by atoms with Gasteiger partial charge in [-0.15, -0.1) is 0 Å². The van der Waals surface area contributed by atoms with E-state index in [1.807, 2.05) is 36.4 Å². The fraction of sp³-hybridized carbons (Fsp3) is 0.188. The zero-order valence-electron chi connectivity index (χ0n) is 13.1. The number of aliphatic imine (C=N–C) groups is 1. The first-order valence-electron chi connectivity index (χ1n) is 7.39. The van der Waals surface area contributed by atoms with Gasteiger partial charge in [-0.25, -0.2) is 8.42 Å². The SMILES string of the molecule is CS(=O)(=O)Nc1ccc(Sc2ccc(NC3=NCCN3)cc2)cc1. The van der Waals surface area contributed by atoms with Crippen LogP contribution in [0.15, 0.2) is 63.3 Å². The van der Waals surface area contributed by atoms with Gasteiger partial charge in [0.15, 0.2) is 5.96 Å². The molecule has 1 aliphatic heterocycles. The van der Waals surface area contributed by atoms with Crippen molar-refractivity contribution in [3.63, 3.8) is 0 Å². The van der Waals surface area contributed by atoms with E-state index in [2.05, 4.69) is 20.3 Å². The number of guanidine groups is 1. The van der Waals surface area contributed by atoms with Gasteiger partial charge in [0.2, 0.25) is 10.0 Å². The molecule has 8 heteroatoms. The third-order valence-corrected chi connectivity index (χ3v) is 4.81. The Balaban J connectivity index is 1.61. The predicted molar refractivity (Wildman–Crippen MR) is 99.4 cm³/mol. The number of hydrogen-bond donors (Lipinski definition) is 3. The second kappa shape index (κ2) is 7.14. The summed E-state index contributed by atoms with van der Waals surface area (Å²) < 4.78 is 24.8. The van der Waals surface area contributed by atoms with Crippen LogP contribution in [0.5, 0.6) is 0 Å². The summed E-state index contributed by atoms with van der Waals surface area (Å²) in [6.45, 7) is 1.68. The molecule has 0 aliphatic carbocycles. The lowest BCUT2D eigenvalue weighted by molar-refractivity contribution is 0.607. The van der Waals surface area contributed by atoms with Gasteiger partial charge in [0.1, 0.15) is 0 Å². The van der Waals surface area contributed by atoms with Crippen LogP contribution in [-0.4, -0.2) is 33.7 Å². The molecule has 0 bridgehead atoms. The fourth-order valence-corrected chi connectivity index (χ4v) is 3.55. The fourth-order valence-electron chi connectivity index (χ4n) is 2.17. The molecule has 126 valence electrons. The highest BCUT2D eigenvalue weighted by Gasteiger charge is 2.05. The molecule has 0 aromatic heterocycles. The van der Waals surface area contributed by atoms with Crippen molar-refractivity contribution in [2.45, 2.75) is 9.79 Å². The van der Waals surface area contributed by atoms with Crippen LogP contribution in [0, 0.1) is 0 Å². The van der Waals surface area contributed by atoms with Crippen molar-refractivity contribution in [1.29, 1.82) is 0 Å². The highest BCUT2D eigenvalue weighted by Crippen LogP contribution is 2.29. The van der Waals surface area contributed by atoms with Gasteiger partial charge in [0, 0.05) is 27.7 Å². The average molecular weight is 362 g/mol. The number of nitrogens with one attached hydrogen (secondary N) is 3. The van der Waals surface area contributed by atoms with Crippen LogP contribution in [0.3, 0.4) is 0 Å². The van der Waals surface area contributed by atoms with E-state index >= 15 is 0 Å². The van der Waals surface area contributed by atoms with Gasteiger partial charge in [-0.2, -0.15) is 0 Å². The number of rotatable bonds is 5. The summed E-state index contributed by atoms with van der Waals surface area (Å²) >= 11 is 1.61. The lowest BCUT2D eigenvalue weighted by Gasteiger charge is -2.08. The largest absolute Gasteiger partial charge is 0.354 e. The number of benzene rings is 2. The summed E-state index contributed by atoms with van der Waals surface area (Å²) in [6.07, 6.45) is 1.14. The van der Waals surface area contributed by atoms with Crippen LogP contribution in [0.2, 0.25) is 0 Å². The third-order valence-electron chi connectivity index (χ3n) is 3.18. The van der Waals surface area contributed by atoms with E-state index in [1.54, 1.807) is 23.9 Å². The monoisotopic (exact) mass is 362 g/mol. The molecule has 0 atom stereocenters. The first-order valence-corrected chi connectivity index (χ1v) is 10.1. The van der Waals surface area contributed by atoms with Crippen LogP contribution in [-0.2, 0) is 10.0 Å². The Bertz CT molecular complexity index is 831. The van der Waals surface area contributed by atoms with Crippen molar-refractivity contribution in [3.05, 3.63) is 48.5 Å². The number of hydrogen-bond acceptors (Lipinski definition) is 6. The maximum absolute atomic E-state index is 11.2. The van der Waals surface area contributed by atoms with Crippen LogP contribution >= 0.6 is 11.8 Å². The number of nitrogens with zero attached hydrogens (tertiary/aromatic N) is 1. The topological polar surface area (TPSA) is 82.6 Å². The summed E-state index contributed by atoms with van der Waals surface area (Å²) in [7, 11) is -3.24. The van der Waals surface area contributed by atoms with Gasteiger partial charge in [-0.05, 0) is 48.5 Å². The highest BCUT2D eigenvalue weighted by atomic mass is 32.2. The molecule has 0 saturated heterocycles. The minimum absolute atomic E-state index is 0.561. The molecule has 0 radical (unpaired) electrons. The molecule has 2 aromatic rings. The van der Waals surface area contributed by atoms with Crippen molar-refractivity contribution in [1.82, 2.24) is 5.32 Å². The molecule has 0 saturated carbocycles. The molecule has 0 unspecified atom stereocenters. The number of anilines is 2. The molecule has 1 heterocycles. The molecule has 3 rings (SSSR count). The summed E-state index contributed by atoms with van der Waals surface area (Å²) in [5, 5.41) is 6.39. The van der Waals surface area contributed by atoms with Gasteiger partial charge in [-0.1, -0.05) is 11.8 Å². The first-order chi connectivity index (χ1) is 11.5. The first kappa shape index (κ1) is 16.7. The highest BCUT2D eigenvalue weighted by molar-refractivity contribution is 7.99. The molecular weight excluding hydrogens is 344 g/mol. The lowest BCUT2D eigenvalue weighted by atomic mass is 10.3. The molecule has 0 spiro atoms. The molecule has 2 aromatic carbocycles. The Hall–Kier alpha value is -2.19. The van der Waals surface area contributed by atoms with Gasteiger partial charge in [-0.3, -0.25) is 9.71 Å². The standard InChI is InChI=1S/C16H18N4O2S2/c1-24(21,22)20-13-4-8-15(9-5-13)23-14-6-2-12(3-7-14)19-16-17-10-11-18-16/h2-9,20H,10-11H2,1H3,(H2,17,18,19). The van der Waals surface area contributed by atoms with Crippen molar-refractivity contribution in [2.24, 2.45) is 4.99 Å². The van der Waals surface area contributed by atoms with Gasteiger partial charge < -0.3 is 10.6 Å². The molecule has 0 fully saturated rings. The summed E-state index contributed by atoms with van der Waals surface area (Å²) in [4.78, 5) is 6.44. The third kappa shape index (κ3) is 4.90. The Morgan fingerprint density at radius 3 is 2.08 bits per heavy atom. The van der Waals surface area contributed by atoms with Crippen LogP contribution in [0.4, 0.5) is 11.4 Å². The predicted octanol–water partition coefficient (Wildman–Crippen LogP) is 2.58. The molecule has 6 nitrogen and oxygen atoms in total. The van der Waals surface area contributed by atoms with Gasteiger partial charge >= 0.3 is 0 Å². The smallest absolute Gasteiger partial charge is 0.229 e. The van der Waals surface area contributed by atoms with Crippen molar-refractivity contribution < 1.29 is 8.42 Å². The van der Waals surface area contributed by atoms with Crippen LogP contribution in [0.1, 0.15) is 0 Å². The Kier molecular flexibility index (Phi) is 4.96. The maximum Gasteiger partial charge on any atom is 0.229 e. The molecule has 1 aliphatic rings. The Morgan fingerprint density at radius 2 is 1.58 bits per heavy atom. The molecule has 24 heavy (non-hydrogen) atoms. The quantitative estimate of drug-likeness (QED) is 0.761. The van der Waals surface area contributed by atoms with E-state index in [1.165, 1.54) is 0 Å². The van der Waals surface area contributed by atoms with E-state index in [0.717, 1.165) is 40.8 Å². The molecular formula is C16H18N4O2S2. The van der Waals surface area contributed by atoms with E-state index in [4.69, 9.17) is 0 Å². The van der Waals surface area contributed by atoms with Crippen LogP contribution < -0.4 is 15.4 Å². The Morgan fingerprint density at radius 1 is 1.00 bits per heavy atom. The summed E-state index contributed by atoms with van der Waals surface area (Å²) in [6, 6.07) is 15.4. The van der Waals surface area contributed by atoms with Crippen molar-refractivity contribution in [3.8, 4) is 0 Å². The second-order valence-corrected chi connectivity index (χ2v) is 8.20. The van der Waals surface area contributed by atoms with Crippen LogP contribution in [0.25, 0.3) is 0 Å². The second-order valence-electron chi connectivity index (χ2n) is 5.31. The van der Waals surface area contributed by atoms with Gasteiger partial charge in [0.05, 0.1) is 12.8 Å². The number of sulfonamides is 1. The lowest BCUT2D eigenvalue weighted by Crippen LogP contribution is -2.26. The molecule has 3 N–H and O–H groups in total. The summed E-state index contributed by atoms with van der Waals surface area (Å²) in [5.74, 6) is 0.810. The van der Waals surface area contributed by atoms with Gasteiger partial charge in [0.25, 0.3) is 0 Å². The Labute approximate surface area is 145 Å². The van der Waals surface area contributed by atoms with E-state index in [-0.39, 0.29) is 0 Å². The van der Waals surface area contributed by atoms with E-state index < -0.39 is 10.0 Å². The van der Waals surface area contributed by atoms with Crippen molar-refractivity contribution >= 4 is 39.1 Å². The van der Waals surface area contributed by atoms with E-state index in [0.29, 0.717) is 5.69 Å². The summed E-state index contributed by atoms with van der Waals surface area (Å²) in [5.41, 5.74) is 1.55. The van der Waals surface area contributed by atoms with Crippen molar-refractivity contribution in [2.75, 3.05) is 29.4 Å². The molecule has 0 amide bonds. The average Bonchev–Trinajstić information content (AvgIpc) is 3.03. The van der Waals surface area contributed by atoms with E-state index in [9.17, 15) is 8.42 Å².